The summed E-state index contributed by atoms with van der Waals surface area (Å²) in [5, 5.41) is 11.9. The highest BCUT2D eigenvalue weighted by Gasteiger charge is 2.31. The molecule has 1 atom stereocenters. The zero-order chi connectivity index (χ0) is 24.8. The average Bonchev–Trinajstić information content (AvgIpc) is 2.86. The van der Waals surface area contributed by atoms with Crippen molar-refractivity contribution in [3.8, 4) is 0 Å². The number of allylic oxidation sites excluding steroid dienone is 3. The molecule has 0 aliphatic rings. The minimum absolute atomic E-state index is 0.0648. The Balaban J connectivity index is 2.03. The van der Waals surface area contributed by atoms with Crippen LogP contribution in [0.15, 0.2) is 85.0 Å². The lowest BCUT2D eigenvalue weighted by Crippen LogP contribution is -2.43. The van der Waals surface area contributed by atoms with E-state index in [1.54, 1.807) is 54.6 Å². The molecule has 182 valence electrons. The molecule has 2 aromatic rings. The van der Waals surface area contributed by atoms with E-state index in [2.05, 4.69) is 11.9 Å². The summed E-state index contributed by atoms with van der Waals surface area (Å²) in [4.78, 5) is 23.9. The molecule has 1 unspecified atom stereocenters. The van der Waals surface area contributed by atoms with E-state index in [9.17, 15) is 19.3 Å². The molecule has 9 heteroatoms. The number of hydrogen-bond acceptors (Lipinski definition) is 6. The van der Waals surface area contributed by atoms with Gasteiger partial charge in [0.1, 0.15) is 0 Å². The molecule has 0 saturated heterocycles. The fourth-order valence-electron chi connectivity index (χ4n) is 2.80. The first kappa shape index (κ1) is 27.2. The van der Waals surface area contributed by atoms with Crippen molar-refractivity contribution in [3.63, 3.8) is 0 Å². The quantitative estimate of drug-likeness (QED) is 0.268. The summed E-state index contributed by atoms with van der Waals surface area (Å²) >= 11 is 0. The topological polar surface area (TPSA) is 111 Å². The number of carbonyl (C=O) groups excluding carboxylic acids is 1. The first-order valence-electron chi connectivity index (χ1n) is 10.8. The molecule has 0 aliphatic heterocycles. The second-order valence-corrected chi connectivity index (χ2v) is 8.96. The summed E-state index contributed by atoms with van der Waals surface area (Å²) in [6.45, 7) is 4.76. The first-order valence-corrected chi connectivity index (χ1v) is 12.2. The van der Waals surface area contributed by atoms with Gasteiger partial charge in [-0.05, 0) is 24.5 Å². The van der Waals surface area contributed by atoms with Crippen LogP contribution >= 0.6 is 7.82 Å². The van der Waals surface area contributed by atoms with Crippen LogP contribution in [0.25, 0.3) is 0 Å². The van der Waals surface area contributed by atoms with Crippen molar-refractivity contribution in [2.45, 2.75) is 39.0 Å². The van der Waals surface area contributed by atoms with Gasteiger partial charge < -0.3 is 10.4 Å². The second kappa shape index (κ2) is 14.3. The first-order chi connectivity index (χ1) is 16.3. The van der Waals surface area contributed by atoms with Crippen LogP contribution < -0.4 is 5.32 Å². The van der Waals surface area contributed by atoms with Crippen molar-refractivity contribution in [2.75, 3.05) is 6.61 Å². The summed E-state index contributed by atoms with van der Waals surface area (Å²) in [6.07, 6.45) is 3.94. The van der Waals surface area contributed by atoms with Crippen LogP contribution in [0.2, 0.25) is 0 Å². The SMILES string of the molecule is C=C/C(=C\C)CCC(=O)NC(COP(=O)(OCc1ccccc1)OCc1ccccc1)C(=O)O. The van der Waals surface area contributed by atoms with Crippen molar-refractivity contribution in [1.82, 2.24) is 5.32 Å². The Morgan fingerprint density at radius 2 is 1.50 bits per heavy atom. The second-order valence-electron chi connectivity index (χ2n) is 7.29. The number of benzene rings is 2. The molecule has 34 heavy (non-hydrogen) atoms. The van der Waals surface area contributed by atoms with Crippen LogP contribution in [0, 0.1) is 0 Å². The van der Waals surface area contributed by atoms with Crippen molar-refractivity contribution in [1.29, 1.82) is 0 Å². The van der Waals surface area contributed by atoms with Gasteiger partial charge in [-0.25, -0.2) is 9.36 Å². The minimum atomic E-state index is -4.17. The highest BCUT2D eigenvalue weighted by molar-refractivity contribution is 7.48. The number of nitrogens with one attached hydrogen (secondary N) is 1. The molecule has 0 spiro atoms. The molecule has 2 N–H and O–H groups in total. The molecule has 2 rings (SSSR count). The molecule has 0 aromatic heterocycles. The van der Waals surface area contributed by atoms with E-state index in [1.807, 2.05) is 25.1 Å². The van der Waals surface area contributed by atoms with Crippen LogP contribution in [0.1, 0.15) is 30.9 Å². The Bertz CT molecular complexity index is 961. The molecular weight excluding hydrogens is 457 g/mol. The highest BCUT2D eigenvalue weighted by atomic mass is 31.2. The Morgan fingerprint density at radius 1 is 0.971 bits per heavy atom. The van der Waals surface area contributed by atoms with Gasteiger partial charge in [-0.15, -0.1) is 0 Å². The monoisotopic (exact) mass is 487 g/mol. The molecule has 0 fully saturated rings. The van der Waals surface area contributed by atoms with Crippen molar-refractivity contribution >= 4 is 19.7 Å². The predicted molar refractivity (Wildman–Crippen MR) is 129 cm³/mol. The van der Waals surface area contributed by atoms with Crippen LogP contribution in [-0.4, -0.2) is 29.6 Å². The number of hydrogen-bond donors (Lipinski definition) is 2. The van der Waals surface area contributed by atoms with Gasteiger partial charge in [-0.2, -0.15) is 0 Å². The molecule has 0 radical (unpaired) electrons. The number of rotatable bonds is 15. The average molecular weight is 487 g/mol. The van der Waals surface area contributed by atoms with E-state index in [4.69, 9.17) is 13.6 Å². The number of phosphoric ester groups is 1. The third-order valence-corrected chi connectivity index (χ3v) is 6.13. The van der Waals surface area contributed by atoms with Gasteiger partial charge in [0.15, 0.2) is 6.04 Å². The van der Waals surface area contributed by atoms with E-state index >= 15 is 0 Å². The maximum Gasteiger partial charge on any atom is 0.475 e. The van der Waals surface area contributed by atoms with Gasteiger partial charge in [-0.1, -0.05) is 85.0 Å². The van der Waals surface area contributed by atoms with Gasteiger partial charge >= 0.3 is 13.8 Å². The Hall–Kier alpha value is -3.03. The number of carbonyl (C=O) groups is 2. The lowest BCUT2D eigenvalue weighted by molar-refractivity contribution is -0.142. The van der Waals surface area contributed by atoms with E-state index in [0.29, 0.717) is 6.42 Å². The summed E-state index contributed by atoms with van der Waals surface area (Å²) in [5.74, 6) is -1.82. The lowest BCUT2D eigenvalue weighted by Gasteiger charge is -2.21. The van der Waals surface area contributed by atoms with Gasteiger partial charge in [-0.3, -0.25) is 18.4 Å². The maximum absolute atomic E-state index is 13.3. The molecule has 0 saturated carbocycles. The molecular formula is C25H30NO7P. The van der Waals surface area contributed by atoms with Gasteiger partial charge in [0.25, 0.3) is 0 Å². The third-order valence-electron chi connectivity index (χ3n) is 4.77. The standard InChI is InChI=1S/C25H30NO7P/c1-3-20(4-2)15-16-24(27)26-23(25(28)29)19-33-34(30,31-17-21-11-7-5-8-12-21)32-18-22-13-9-6-10-14-22/h3-14,23H,1,15-19H2,2H3,(H,26,27)(H,28,29)/b20-4+. The summed E-state index contributed by atoms with van der Waals surface area (Å²) in [5.41, 5.74) is 2.34. The van der Waals surface area contributed by atoms with Gasteiger partial charge in [0, 0.05) is 6.42 Å². The number of phosphoric acid groups is 1. The molecule has 0 aliphatic carbocycles. The zero-order valence-electron chi connectivity index (χ0n) is 19.1. The van der Waals surface area contributed by atoms with E-state index in [1.165, 1.54) is 0 Å². The zero-order valence-corrected chi connectivity index (χ0v) is 20.0. The Kier molecular flexibility index (Phi) is 11.4. The Labute approximate surface area is 199 Å². The number of carboxylic acid groups (broad SMARTS) is 1. The normalized spacial score (nSPS) is 12.7. The fourth-order valence-corrected chi connectivity index (χ4v) is 3.97. The molecule has 1 amide bonds. The smallest absolute Gasteiger partial charge is 0.475 e. The third kappa shape index (κ3) is 9.85. The number of carboxylic acids is 1. The predicted octanol–water partition coefficient (Wildman–Crippen LogP) is 5.03. The van der Waals surface area contributed by atoms with E-state index in [0.717, 1.165) is 16.7 Å². The maximum atomic E-state index is 13.3. The minimum Gasteiger partial charge on any atom is -0.480 e. The largest absolute Gasteiger partial charge is 0.480 e. The Morgan fingerprint density at radius 3 is 1.94 bits per heavy atom. The van der Waals surface area contributed by atoms with E-state index in [-0.39, 0.29) is 19.6 Å². The fraction of sp³-hybridized carbons (Fsp3) is 0.280. The number of aliphatic carboxylic acids is 1. The lowest BCUT2D eigenvalue weighted by atomic mass is 10.1. The summed E-state index contributed by atoms with van der Waals surface area (Å²) in [7, 11) is -4.17. The van der Waals surface area contributed by atoms with Crippen molar-refractivity contribution in [2.24, 2.45) is 0 Å². The summed E-state index contributed by atoms with van der Waals surface area (Å²) < 4.78 is 29.6. The number of amides is 1. The molecule has 0 heterocycles. The summed E-state index contributed by atoms with van der Waals surface area (Å²) in [6, 6.07) is 16.6. The van der Waals surface area contributed by atoms with Crippen LogP contribution in [-0.2, 0) is 40.9 Å². The molecule has 8 nitrogen and oxygen atoms in total. The molecule has 0 bridgehead atoms. The van der Waals surface area contributed by atoms with E-state index < -0.39 is 32.3 Å². The highest BCUT2D eigenvalue weighted by Crippen LogP contribution is 2.51. The van der Waals surface area contributed by atoms with Crippen molar-refractivity contribution in [3.05, 3.63) is 96.1 Å². The molecule has 2 aromatic carbocycles. The van der Waals surface area contributed by atoms with Crippen molar-refractivity contribution < 1.29 is 32.8 Å². The van der Waals surface area contributed by atoms with Gasteiger partial charge in [0.2, 0.25) is 5.91 Å². The van der Waals surface area contributed by atoms with Crippen LogP contribution in [0.3, 0.4) is 0 Å². The van der Waals surface area contributed by atoms with Crippen LogP contribution in [0.5, 0.6) is 0 Å². The van der Waals surface area contributed by atoms with Gasteiger partial charge in [0.05, 0.1) is 19.8 Å². The van der Waals surface area contributed by atoms with Crippen LogP contribution in [0.4, 0.5) is 0 Å².